The zero-order valence-corrected chi connectivity index (χ0v) is 13.3. The molecule has 0 aliphatic heterocycles. The van der Waals surface area contributed by atoms with Crippen LogP contribution in [0.5, 0.6) is 0 Å². The number of hydrogen-bond donors (Lipinski definition) is 1. The van der Waals surface area contributed by atoms with Crippen LogP contribution in [0.4, 0.5) is 8.78 Å². The second-order valence-electron chi connectivity index (χ2n) is 4.28. The molecule has 2 rings (SSSR count). The predicted molar refractivity (Wildman–Crippen MR) is 83.0 cm³/mol. The second kappa shape index (κ2) is 7.20. The van der Waals surface area contributed by atoms with E-state index in [0.717, 1.165) is 20.7 Å². The molecule has 0 radical (unpaired) electrons. The van der Waals surface area contributed by atoms with Crippen LogP contribution in [0.25, 0.3) is 0 Å². The molecule has 1 unspecified atom stereocenters. The molecule has 0 aliphatic carbocycles. The largest absolute Gasteiger partial charge is 0.312 e. The van der Waals surface area contributed by atoms with Crippen LogP contribution in [0.1, 0.15) is 11.6 Å². The minimum atomic E-state index is -0.816. The zero-order chi connectivity index (χ0) is 14.5. The van der Waals surface area contributed by atoms with Crippen LogP contribution in [0, 0.1) is 11.6 Å². The highest BCUT2D eigenvalue weighted by atomic mass is 79.9. The van der Waals surface area contributed by atoms with Crippen LogP contribution in [0.15, 0.2) is 51.8 Å². The number of rotatable bonds is 5. The highest BCUT2D eigenvalue weighted by Crippen LogP contribution is 2.27. The molecule has 0 aliphatic rings. The maximum absolute atomic E-state index is 13.3. The van der Waals surface area contributed by atoms with Crippen molar-refractivity contribution in [3.63, 3.8) is 0 Å². The smallest absolute Gasteiger partial charge is 0.159 e. The Morgan fingerprint density at radius 3 is 2.60 bits per heavy atom. The highest BCUT2D eigenvalue weighted by molar-refractivity contribution is 9.10. The third kappa shape index (κ3) is 4.04. The van der Waals surface area contributed by atoms with Gasteiger partial charge in [0.05, 0.1) is 0 Å². The van der Waals surface area contributed by atoms with Crippen LogP contribution < -0.4 is 5.32 Å². The Kier molecular flexibility index (Phi) is 5.57. The molecule has 0 saturated carbocycles. The van der Waals surface area contributed by atoms with Crippen LogP contribution in [-0.2, 0) is 0 Å². The fraction of sp³-hybridized carbons (Fsp3) is 0.200. The number of halogens is 3. The van der Waals surface area contributed by atoms with Crippen LogP contribution in [0.3, 0.4) is 0 Å². The number of thioether (sulfide) groups is 1. The van der Waals surface area contributed by atoms with E-state index in [4.69, 9.17) is 0 Å². The molecule has 0 bridgehead atoms. The summed E-state index contributed by atoms with van der Waals surface area (Å²) in [6.45, 7) is 0. The third-order valence-electron chi connectivity index (χ3n) is 2.91. The number of hydrogen-bond acceptors (Lipinski definition) is 2. The summed E-state index contributed by atoms with van der Waals surface area (Å²) in [6, 6.07) is 12.0. The van der Waals surface area contributed by atoms with Gasteiger partial charge in [-0.15, -0.1) is 11.8 Å². The van der Waals surface area contributed by atoms with E-state index in [-0.39, 0.29) is 6.04 Å². The molecule has 0 fully saturated rings. The predicted octanol–water partition coefficient (Wildman–Crippen LogP) is 4.78. The lowest BCUT2D eigenvalue weighted by atomic mass is 10.1. The van der Waals surface area contributed by atoms with E-state index >= 15 is 0 Å². The summed E-state index contributed by atoms with van der Waals surface area (Å²) in [5, 5.41) is 3.13. The maximum atomic E-state index is 13.3. The quantitative estimate of drug-likeness (QED) is 0.772. The van der Waals surface area contributed by atoms with Crippen molar-refractivity contribution in [2.45, 2.75) is 10.9 Å². The van der Waals surface area contributed by atoms with E-state index in [1.807, 2.05) is 31.3 Å². The molecule has 20 heavy (non-hydrogen) atoms. The lowest BCUT2D eigenvalue weighted by Gasteiger charge is -2.16. The second-order valence-corrected chi connectivity index (χ2v) is 6.29. The van der Waals surface area contributed by atoms with Crippen molar-refractivity contribution in [1.29, 1.82) is 0 Å². The van der Waals surface area contributed by atoms with E-state index in [1.165, 1.54) is 12.1 Å². The van der Waals surface area contributed by atoms with E-state index in [0.29, 0.717) is 0 Å². The molecule has 0 spiro atoms. The lowest BCUT2D eigenvalue weighted by molar-refractivity contribution is 0.504. The topological polar surface area (TPSA) is 12.0 Å². The molecule has 0 saturated heterocycles. The molecule has 1 atom stereocenters. The van der Waals surface area contributed by atoms with E-state index in [2.05, 4.69) is 21.2 Å². The molecule has 1 nitrogen and oxygen atoms in total. The Balaban J connectivity index is 2.07. The van der Waals surface area contributed by atoms with Gasteiger partial charge < -0.3 is 5.32 Å². The minimum absolute atomic E-state index is 0.0333. The van der Waals surface area contributed by atoms with Crippen molar-refractivity contribution in [2.75, 3.05) is 12.8 Å². The van der Waals surface area contributed by atoms with Crippen LogP contribution in [0.2, 0.25) is 0 Å². The molecule has 0 heterocycles. The van der Waals surface area contributed by atoms with Crippen molar-refractivity contribution in [3.8, 4) is 0 Å². The summed E-state index contributed by atoms with van der Waals surface area (Å²) in [4.78, 5) is 1.13. The fourth-order valence-corrected chi connectivity index (χ4v) is 3.47. The molecule has 2 aromatic carbocycles. The van der Waals surface area contributed by atoms with E-state index in [1.54, 1.807) is 17.8 Å². The fourth-order valence-electron chi connectivity index (χ4n) is 1.81. The SMILES string of the molecule is CNC(CSc1cccc(Br)c1)c1ccc(F)c(F)c1. The first-order valence-electron chi connectivity index (χ1n) is 6.10. The Labute approximate surface area is 129 Å². The van der Waals surface area contributed by atoms with Crippen molar-refractivity contribution in [2.24, 2.45) is 0 Å². The first kappa shape index (κ1) is 15.5. The van der Waals surface area contributed by atoms with E-state index < -0.39 is 11.6 Å². The van der Waals surface area contributed by atoms with Gasteiger partial charge in [0.25, 0.3) is 0 Å². The van der Waals surface area contributed by atoms with E-state index in [9.17, 15) is 8.78 Å². The molecule has 0 amide bonds. The van der Waals surface area contributed by atoms with Gasteiger partial charge >= 0.3 is 0 Å². The molecule has 2 aromatic rings. The van der Waals surface area contributed by atoms with Crippen molar-refractivity contribution < 1.29 is 8.78 Å². The van der Waals surface area contributed by atoms with Crippen molar-refractivity contribution in [1.82, 2.24) is 5.32 Å². The maximum Gasteiger partial charge on any atom is 0.159 e. The number of benzene rings is 2. The summed E-state index contributed by atoms with van der Waals surface area (Å²) in [5.41, 5.74) is 0.744. The van der Waals surface area contributed by atoms with Crippen molar-refractivity contribution >= 4 is 27.7 Å². The third-order valence-corrected chi connectivity index (χ3v) is 4.49. The van der Waals surface area contributed by atoms with Gasteiger partial charge in [-0.05, 0) is 42.9 Å². The van der Waals surface area contributed by atoms with Gasteiger partial charge in [0, 0.05) is 21.2 Å². The van der Waals surface area contributed by atoms with Crippen molar-refractivity contribution in [3.05, 3.63) is 64.1 Å². The van der Waals surface area contributed by atoms with Gasteiger partial charge in [0.1, 0.15) is 0 Å². The number of nitrogens with one attached hydrogen (secondary N) is 1. The minimum Gasteiger partial charge on any atom is -0.312 e. The lowest BCUT2D eigenvalue weighted by Crippen LogP contribution is -2.19. The van der Waals surface area contributed by atoms with Gasteiger partial charge in [-0.1, -0.05) is 28.1 Å². The summed E-state index contributed by atoms with van der Waals surface area (Å²) in [7, 11) is 1.81. The Morgan fingerprint density at radius 2 is 1.95 bits per heavy atom. The Morgan fingerprint density at radius 1 is 1.15 bits per heavy atom. The Bertz CT molecular complexity index is 592. The summed E-state index contributed by atoms with van der Waals surface area (Å²) >= 11 is 5.09. The molecular weight excluding hydrogens is 344 g/mol. The molecular formula is C15H14BrF2NS. The average Bonchev–Trinajstić information content (AvgIpc) is 2.43. The monoisotopic (exact) mass is 357 g/mol. The molecule has 1 N–H and O–H groups in total. The summed E-state index contributed by atoms with van der Waals surface area (Å²) in [5.74, 6) is -0.892. The van der Waals surface area contributed by atoms with Gasteiger partial charge in [0.2, 0.25) is 0 Å². The van der Waals surface area contributed by atoms with Gasteiger partial charge in [-0.25, -0.2) is 8.78 Å². The van der Waals surface area contributed by atoms with Gasteiger partial charge in [-0.2, -0.15) is 0 Å². The average molecular weight is 358 g/mol. The van der Waals surface area contributed by atoms with Gasteiger partial charge in [0.15, 0.2) is 11.6 Å². The van der Waals surface area contributed by atoms with Crippen LogP contribution >= 0.6 is 27.7 Å². The molecule has 106 valence electrons. The molecule has 5 heteroatoms. The van der Waals surface area contributed by atoms with Crippen LogP contribution in [-0.4, -0.2) is 12.8 Å². The Hall–Kier alpha value is -0.910. The zero-order valence-electron chi connectivity index (χ0n) is 10.9. The standard InChI is InChI=1S/C15H14BrF2NS/c1-19-15(10-5-6-13(17)14(18)7-10)9-20-12-4-2-3-11(16)8-12/h2-8,15,19H,9H2,1H3. The first-order valence-corrected chi connectivity index (χ1v) is 7.88. The summed E-state index contributed by atoms with van der Waals surface area (Å²) < 4.78 is 27.3. The molecule has 0 aromatic heterocycles. The summed E-state index contributed by atoms with van der Waals surface area (Å²) in [6.07, 6.45) is 0. The van der Waals surface area contributed by atoms with Gasteiger partial charge in [-0.3, -0.25) is 0 Å². The normalized spacial score (nSPS) is 12.4. The first-order chi connectivity index (χ1) is 9.60. The highest BCUT2D eigenvalue weighted by Gasteiger charge is 2.12.